The minimum absolute atomic E-state index is 0.512. The van der Waals surface area contributed by atoms with Crippen molar-refractivity contribution in [1.29, 1.82) is 0 Å². The van der Waals surface area contributed by atoms with Gasteiger partial charge in [0.25, 0.3) is 0 Å². The van der Waals surface area contributed by atoms with Gasteiger partial charge in [-0.15, -0.1) is 0 Å². The third kappa shape index (κ3) is 4.96. The van der Waals surface area contributed by atoms with Crippen molar-refractivity contribution in [3.05, 3.63) is 18.2 Å². The first-order valence-electron chi connectivity index (χ1n) is 7.72. The van der Waals surface area contributed by atoms with Crippen LogP contribution >= 0.6 is 0 Å². The van der Waals surface area contributed by atoms with E-state index in [1.54, 1.807) is 0 Å². The molecule has 1 aliphatic rings. The van der Waals surface area contributed by atoms with E-state index in [1.165, 1.54) is 32.1 Å². The smallest absolute Gasteiger partial charge is 0.122 e. The Morgan fingerprint density at radius 2 is 2.21 bits per heavy atom. The Morgan fingerprint density at radius 3 is 3.00 bits per heavy atom. The van der Waals surface area contributed by atoms with Gasteiger partial charge >= 0.3 is 0 Å². The van der Waals surface area contributed by atoms with Crippen LogP contribution in [0.15, 0.2) is 12.4 Å². The number of hydrogen-bond acceptors (Lipinski definition) is 3. The van der Waals surface area contributed by atoms with E-state index in [4.69, 9.17) is 4.74 Å². The molecule has 1 saturated carbocycles. The molecule has 0 radical (unpaired) electrons. The zero-order valence-electron chi connectivity index (χ0n) is 12.1. The second kappa shape index (κ2) is 8.33. The van der Waals surface area contributed by atoms with Gasteiger partial charge in [0.05, 0.1) is 19.3 Å². The van der Waals surface area contributed by atoms with Crippen LogP contribution < -0.4 is 5.32 Å². The number of rotatable bonds is 8. The maximum Gasteiger partial charge on any atom is 0.122 e. The predicted octanol–water partition coefficient (Wildman–Crippen LogP) is 2.73. The van der Waals surface area contributed by atoms with Gasteiger partial charge in [-0.2, -0.15) is 0 Å². The normalized spacial score (nSPS) is 16.9. The average Bonchev–Trinajstić information content (AvgIpc) is 2.88. The number of nitrogens with one attached hydrogen (secondary N) is 1. The Balaban J connectivity index is 1.57. The van der Waals surface area contributed by atoms with E-state index in [1.807, 2.05) is 6.20 Å². The number of imidazole rings is 1. The van der Waals surface area contributed by atoms with Gasteiger partial charge in [-0.05, 0) is 19.3 Å². The molecular weight excluding hydrogens is 238 g/mol. The van der Waals surface area contributed by atoms with Crippen LogP contribution in [-0.2, 0) is 17.8 Å². The third-order valence-electron chi connectivity index (χ3n) is 3.73. The zero-order chi connectivity index (χ0) is 13.3. The summed E-state index contributed by atoms with van der Waals surface area (Å²) in [5.74, 6) is 1.12. The Bertz CT molecular complexity index is 345. The lowest BCUT2D eigenvalue weighted by Crippen LogP contribution is -2.25. The van der Waals surface area contributed by atoms with Gasteiger partial charge in [-0.1, -0.05) is 26.2 Å². The lowest BCUT2D eigenvalue weighted by Gasteiger charge is -2.22. The highest BCUT2D eigenvalue weighted by molar-refractivity contribution is 4.91. The number of nitrogens with zero attached hydrogens (tertiary/aromatic N) is 2. The predicted molar refractivity (Wildman–Crippen MR) is 77.0 cm³/mol. The fourth-order valence-electron chi connectivity index (χ4n) is 2.68. The highest BCUT2D eigenvalue weighted by atomic mass is 16.5. The third-order valence-corrected chi connectivity index (χ3v) is 3.73. The van der Waals surface area contributed by atoms with Crippen molar-refractivity contribution in [3.63, 3.8) is 0 Å². The molecule has 108 valence electrons. The molecule has 2 rings (SSSR count). The van der Waals surface area contributed by atoms with Crippen LogP contribution in [0.1, 0.15) is 51.3 Å². The zero-order valence-corrected chi connectivity index (χ0v) is 12.1. The largest absolute Gasteiger partial charge is 0.377 e. The summed E-state index contributed by atoms with van der Waals surface area (Å²) in [6.07, 6.45) is 12.2. The topological polar surface area (TPSA) is 39.1 Å². The maximum atomic E-state index is 5.89. The van der Waals surface area contributed by atoms with Crippen LogP contribution in [0.25, 0.3) is 0 Å². The van der Waals surface area contributed by atoms with Crippen molar-refractivity contribution in [2.24, 2.45) is 0 Å². The van der Waals surface area contributed by atoms with Crippen molar-refractivity contribution in [2.75, 3.05) is 13.2 Å². The first kappa shape index (κ1) is 14.5. The highest BCUT2D eigenvalue weighted by Gasteiger charge is 2.12. The second-order valence-electron chi connectivity index (χ2n) is 5.34. The first-order chi connectivity index (χ1) is 9.40. The number of aromatic nitrogens is 2. The van der Waals surface area contributed by atoms with E-state index in [9.17, 15) is 0 Å². The minimum Gasteiger partial charge on any atom is -0.377 e. The molecule has 19 heavy (non-hydrogen) atoms. The molecule has 0 aromatic carbocycles. The molecular formula is C15H27N3O. The van der Waals surface area contributed by atoms with Crippen molar-refractivity contribution < 1.29 is 4.74 Å². The molecule has 1 aromatic rings. The summed E-state index contributed by atoms with van der Waals surface area (Å²) in [6.45, 7) is 5.81. The summed E-state index contributed by atoms with van der Waals surface area (Å²) in [5.41, 5.74) is 0. The van der Waals surface area contributed by atoms with Crippen LogP contribution in [0.2, 0.25) is 0 Å². The van der Waals surface area contributed by atoms with E-state index in [2.05, 4.69) is 28.0 Å². The SMILES string of the molecule is CCCn1ccnc1CNCCOC1CCCCC1. The van der Waals surface area contributed by atoms with Crippen molar-refractivity contribution in [1.82, 2.24) is 14.9 Å². The molecule has 1 heterocycles. The molecule has 1 N–H and O–H groups in total. The molecule has 1 aliphatic carbocycles. The minimum atomic E-state index is 0.512. The lowest BCUT2D eigenvalue weighted by atomic mass is 9.98. The molecule has 0 aliphatic heterocycles. The Morgan fingerprint density at radius 1 is 1.37 bits per heavy atom. The molecule has 0 amide bonds. The first-order valence-corrected chi connectivity index (χ1v) is 7.72. The van der Waals surface area contributed by atoms with Gasteiger partial charge in [0, 0.05) is 25.5 Å². The van der Waals surface area contributed by atoms with Gasteiger partial charge in [0.1, 0.15) is 5.82 Å². The van der Waals surface area contributed by atoms with Gasteiger partial charge < -0.3 is 14.6 Å². The summed E-state index contributed by atoms with van der Waals surface area (Å²) in [6, 6.07) is 0. The summed E-state index contributed by atoms with van der Waals surface area (Å²) in [5, 5.41) is 3.42. The Hall–Kier alpha value is -0.870. The molecule has 1 fully saturated rings. The average molecular weight is 265 g/mol. The van der Waals surface area contributed by atoms with E-state index in [-0.39, 0.29) is 0 Å². The van der Waals surface area contributed by atoms with Crippen molar-refractivity contribution in [3.8, 4) is 0 Å². The molecule has 0 unspecified atom stereocenters. The molecule has 0 saturated heterocycles. The van der Waals surface area contributed by atoms with Crippen LogP contribution in [0.5, 0.6) is 0 Å². The Labute approximate surface area is 116 Å². The van der Waals surface area contributed by atoms with Crippen LogP contribution in [0.3, 0.4) is 0 Å². The summed E-state index contributed by atoms with van der Waals surface area (Å²) in [4.78, 5) is 4.38. The maximum absolute atomic E-state index is 5.89. The molecule has 4 heteroatoms. The standard InChI is InChI=1S/C15H27N3O/c1-2-10-18-11-8-17-15(18)13-16-9-12-19-14-6-4-3-5-7-14/h8,11,14,16H,2-7,9-10,12-13H2,1H3. The van der Waals surface area contributed by atoms with Gasteiger partial charge in [0.2, 0.25) is 0 Å². The fraction of sp³-hybridized carbons (Fsp3) is 0.800. The van der Waals surface area contributed by atoms with Crippen molar-refractivity contribution in [2.45, 2.75) is 64.6 Å². The molecule has 0 spiro atoms. The van der Waals surface area contributed by atoms with E-state index in [0.717, 1.165) is 38.5 Å². The van der Waals surface area contributed by atoms with Crippen LogP contribution in [-0.4, -0.2) is 28.8 Å². The quantitative estimate of drug-likeness (QED) is 0.735. The van der Waals surface area contributed by atoms with Gasteiger partial charge in [-0.3, -0.25) is 0 Å². The van der Waals surface area contributed by atoms with Gasteiger partial charge in [0.15, 0.2) is 0 Å². The van der Waals surface area contributed by atoms with E-state index < -0.39 is 0 Å². The number of ether oxygens (including phenoxy) is 1. The van der Waals surface area contributed by atoms with Crippen LogP contribution in [0.4, 0.5) is 0 Å². The molecule has 0 atom stereocenters. The summed E-state index contributed by atoms with van der Waals surface area (Å²) >= 11 is 0. The monoisotopic (exact) mass is 265 g/mol. The number of aryl methyl sites for hydroxylation is 1. The van der Waals surface area contributed by atoms with E-state index in [0.29, 0.717) is 6.10 Å². The highest BCUT2D eigenvalue weighted by Crippen LogP contribution is 2.19. The van der Waals surface area contributed by atoms with Crippen molar-refractivity contribution >= 4 is 0 Å². The fourth-order valence-corrected chi connectivity index (χ4v) is 2.68. The summed E-state index contributed by atoms with van der Waals surface area (Å²) in [7, 11) is 0. The molecule has 1 aromatic heterocycles. The Kier molecular flexibility index (Phi) is 6.37. The van der Waals surface area contributed by atoms with E-state index >= 15 is 0 Å². The molecule has 4 nitrogen and oxygen atoms in total. The number of hydrogen-bond donors (Lipinski definition) is 1. The summed E-state index contributed by atoms with van der Waals surface area (Å²) < 4.78 is 8.11. The lowest BCUT2D eigenvalue weighted by molar-refractivity contribution is 0.0301. The molecule has 0 bridgehead atoms. The van der Waals surface area contributed by atoms with Crippen LogP contribution in [0, 0.1) is 0 Å². The second-order valence-corrected chi connectivity index (χ2v) is 5.34. The van der Waals surface area contributed by atoms with Gasteiger partial charge in [-0.25, -0.2) is 4.98 Å².